The van der Waals surface area contributed by atoms with Crippen molar-refractivity contribution in [2.45, 2.75) is 46.0 Å². The molecule has 2 atom stereocenters. The van der Waals surface area contributed by atoms with E-state index in [2.05, 4.69) is 38.2 Å². The third-order valence-corrected chi connectivity index (χ3v) is 4.43. The lowest BCUT2D eigenvalue weighted by Gasteiger charge is -2.42. The van der Waals surface area contributed by atoms with Gasteiger partial charge in [-0.2, -0.15) is 0 Å². The Morgan fingerprint density at radius 3 is 2.43 bits per heavy atom. The second-order valence-electron chi connectivity index (χ2n) is 5.23. The number of hydrogen-bond acceptors (Lipinski definition) is 0. The molecular formula is C14H22. The topological polar surface area (TPSA) is 0 Å². The molecule has 2 aliphatic rings. The molecule has 1 saturated carbocycles. The highest BCUT2D eigenvalue weighted by Gasteiger charge is 2.36. The zero-order valence-electron chi connectivity index (χ0n) is 9.50. The van der Waals surface area contributed by atoms with Crippen molar-refractivity contribution in [2.24, 2.45) is 17.3 Å². The highest BCUT2D eigenvalue weighted by atomic mass is 14.4. The molecule has 14 heavy (non-hydrogen) atoms. The first-order valence-electron chi connectivity index (χ1n) is 6.09. The predicted molar refractivity (Wildman–Crippen MR) is 62.1 cm³/mol. The summed E-state index contributed by atoms with van der Waals surface area (Å²) in [4.78, 5) is 0. The van der Waals surface area contributed by atoms with Gasteiger partial charge in [-0.15, -0.1) is 0 Å². The summed E-state index contributed by atoms with van der Waals surface area (Å²) >= 11 is 0. The summed E-state index contributed by atoms with van der Waals surface area (Å²) in [7, 11) is 0. The van der Waals surface area contributed by atoms with Gasteiger partial charge in [-0.3, -0.25) is 0 Å². The fourth-order valence-corrected chi connectivity index (χ4v) is 3.09. The van der Waals surface area contributed by atoms with Gasteiger partial charge in [-0.05, 0) is 30.1 Å². The molecule has 0 aromatic heterocycles. The average Bonchev–Trinajstić information content (AvgIpc) is 2.24. The molecule has 78 valence electrons. The summed E-state index contributed by atoms with van der Waals surface area (Å²) in [6.45, 7) is 4.82. The Hall–Kier alpha value is -0.520. The largest absolute Gasteiger partial charge is 0.0808 e. The quantitative estimate of drug-likeness (QED) is 0.577. The predicted octanol–water partition coefficient (Wildman–Crippen LogP) is 4.34. The molecule has 0 radical (unpaired) electrons. The Labute approximate surface area is 88.1 Å². The molecule has 2 unspecified atom stereocenters. The fourth-order valence-electron chi connectivity index (χ4n) is 3.09. The van der Waals surface area contributed by atoms with Gasteiger partial charge in [0.25, 0.3) is 0 Å². The van der Waals surface area contributed by atoms with Crippen LogP contribution in [-0.4, -0.2) is 0 Å². The summed E-state index contributed by atoms with van der Waals surface area (Å²) in [5.74, 6) is 1.64. The minimum atomic E-state index is 0.440. The van der Waals surface area contributed by atoms with E-state index in [4.69, 9.17) is 0 Å². The molecule has 0 saturated heterocycles. The van der Waals surface area contributed by atoms with Gasteiger partial charge in [0.1, 0.15) is 0 Å². The molecule has 0 heterocycles. The standard InChI is InChI=1S/C14H22/c1-12-8-6-7-11-14(12,2)13-9-4-3-5-10-13/h6-8,11-13H,3-5,9-10H2,1-2H3. The van der Waals surface area contributed by atoms with Crippen LogP contribution < -0.4 is 0 Å². The molecule has 2 aliphatic carbocycles. The maximum absolute atomic E-state index is 2.45. The molecule has 0 aliphatic heterocycles. The number of allylic oxidation sites excluding steroid dienone is 4. The SMILES string of the molecule is CC1C=CC=CC1(C)C1CCCCC1. The lowest BCUT2D eigenvalue weighted by Crippen LogP contribution is -2.33. The van der Waals surface area contributed by atoms with Crippen molar-refractivity contribution in [2.75, 3.05) is 0 Å². The van der Waals surface area contributed by atoms with E-state index in [1.165, 1.54) is 32.1 Å². The summed E-state index contributed by atoms with van der Waals surface area (Å²) in [5.41, 5.74) is 0.440. The summed E-state index contributed by atoms with van der Waals surface area (Å²) in [5, 5.41) is 0. The molecule has 0 aromatic carbocycles. The maximum atomic E-state index is 2.45. The lowest BCUT2D eigenvalue weighted by atomic mass is 9.62. The molecule has 0 N–H and O–H groups in total. The molecule has 1 fully saturated rings. The van der Waals surface area contributed by atoms with E-state index in [1.54, 1.807) is 0 Å². The van der Waals surface area contributed by atoms with Crippen molar-refractivity contribution < 1.29 is 0 Å². The van der Waals surface area contributed by atoms with Gasteiger partial charge in [0.05, 0.1) is 0 Å². The Morgan fingerprint density at radius 1 is 1.07 bits per heavy atom. The van der Waals surface area contributed by atoms with Crippen LogP contribution in [0.15, 0.2) is 24.3 Å². The Kier molecular flexibility index (Phi) is 2.80. The summed E-state index contributed by atoms with van der Waals surface area (Å²) < 4.78 is 0. The van der Waals surface area contributed by atoms with Crippen LogP contribution in [0.5, 0.6) is 0 Å². The third kappa shape index (κ3) is 1.67. The summed E-state index contributed by atoms with van der Waals surface area (Å²) in [6.07, 6.45) is 16.5. The molecule has 0 bridgehead atoms. The van der Waals surface area contributed by atoms with Crippen LogP contribution in [0.25, 0.3) is 0 Å². The van der Waals surface area contributed by atoms with E-state index in [1.807, 2.05) is 0 Å². The monoisotopic (exact) mass is 190 g/mol. The molecule has 2 rings (SSSR count). The van der Waals surface area contributed by atoms with Gasteiger partial charge in [0.15, 0.2) is 0 Å². The molecule has 0 heteroatoms. The van der Waals surface area contributed by atoms with E-state index in [-0.39, 0.29) is 0 Å². The zero-order valence-corrected chi connectivity index (χ0v) is 9.50. The maximum Gasteiger partial charge on any atom is -0.00550 e. The minimum absolute atomic E-state index is 0.440. The first-order valence-corrected chi connectivity index (χ1v) is 6.09. The van der Waals surface area contributed by atoms with Crippen LogP contribution in [-0.2, 0) is 0 Å². The van der Waals surface area contributed by atoms with Crippen LogP contribution in [0.3, 0.4) is 0 Å². The highest BCUT2D eigenvalue weighted by Crippen LogP contribution is 2.46. The second kappa shape index (κ2) is 3.92. The molecule has 0 nitrogen and oxygen atoms in total. The van der Waals surface area contributed by atoms with Gasteiger partial charge in [-0.25, -0.2) is 0 Å². The highest BCUT2D eigenvalue weighted by molar-refractivity contribution is 5.19. The Bertz CT molecular complexity index is 243. The van der Waals surface area contributed by atoms with Crippen molar-refractivity contribution in [1.82, 2.24) is 0 Å². The van der Waals surface area contributed by atoms with Gasteiger partial charge in [0, 0.05) is 0 Å². The van der Waals surface area contributed by atoms with Crippen LogP contribution in [0, 0.1) is 17.3 Å². The fraction of sp³-hybridized carbons (Fsp3) is 0.714. The molecule has 0 aromatic rings. The first kappa shape index (κ1) is 10.0. The van der Waals surface area contributed by atoms with Crippen molar-refractivity contribution in [3.05, 3.63) is 24.3 Å². The van der Waals surface area contributed by atoms with Crippen LogP contribution in [0.1, 0.15) is 46.0 Å². The van der Waals surface area contributed by atoms with Crippen LogP contribution in [0.4, 0.5) is 0 Å². The van der Waals surface area contributed by atoms with Crippen molar-refractivity contribution >= 4 is 0 Å². The molecule has 0 spiro atoms. The van der Waals surface area contributed by atoms with E-state index in [0.29, 0.717) is 5.41 Å². The smallest absolute Gasteiger partial charge is 0.00550 e. The number of hydrogen-bond donors (Lipinski definition) is 0. The van der Waals surface area contributed by atoms with Crippen LogP contribution in [0.2, 0.25) is 0 Å². The van der Waals surface area contributed by atoms with Gasteiger partial charge in [0.2, 0.25) is 0 Å². The first-order chi connectivity index (χ1) is 6.73. The van der Waals surface area contributed by atoms with Gasteiger partial charge >= 0.3 is 0 Å². The average molecular weight is 190 g/mol. The van der Waals surface area contributed by atoms with Crippen molar-refractivity contribution in [3.8, 4) is 0 Å². The van der Waals surface area contributed by atoms with E-state index < -0.39 is 0 Å². The van der Waals surface area contributed by atoms with Crippen molar-refractivity contribution in [3.63, 3.8) is 0 Å². The Balaban J connectivity index is 2.13. The van der Waals surface area contributed by atoms with Crippen molar-refractivity contribution in [1.29, 1.82) is 0 Å². The lowest BCUT2D eigenvalue weighted by molar-refractivity contribution is 0.146. The zero-order chi connectivity index (χ0) is 10.0. The van der Waals surface area contributed by atoms with E-state index in [0.717, 1.165) is 11.8 Å². The van der Waals surface area contributed by atoms with E-state index in [9.17, 15) is 0 Å². The van der Waals surface area contributed by atoms with Crippen LogP contribution >= 0.6 is 0 Å². The van der Waals surface area contributed by atoms with Gasteiger partial charge in [-0.1, -0.05) is 57.4 Å². The normalized spacial score (nSPS) is 38.9. The summed E-state index contributed by atoms with van der Waals surface area (Å²) in [6, 6.07) is 0. The van der Waals surface area contributed by atoms with Gasteiger partial charge < -0.3 is 0 Å². The Morgan fingerprint density at radius 2 is 1.79 bits per heavy atom. The molecular weight excluding hydrogens is 168 g/mol. The van der Waals surface area contributed by atoms with E-state index >= 15 is 0 Å². The third-order valence-electron chi connectivity index (χ3n) is 4.43. The molecule has 0 amide bonds. The second-order valence-corrected chi connectivity index (χ2v) is 5.23. The number of rotatable bonds is 1. The minimum Gasteiger partial charge on any atom is -0.0808 e.